The smallest absolute Gasteiger partial charge is 0.316 e. The van der Waals surface area contributed by atoms with E-state index in [1.54, 1.807) is 35.6 Å². The molecule has 6 nitrogen and oxygen atoms in total. The summed E-state index contributed by atoms with van der Waals surface area (Å²) < 4.78 is 5.05. The second-order valence-corrected chi connectivity index (χ2v) is 7.30. The number of para-hydroxylation sites is 2. The first kappa shape index (κ1) is 17.5. The second-order valence-electron chi connectivity index (χ2n) is 5.28. The number of amides is 2. The molecule has 0 fully saturated rings. The van der Waals surface area contributed by atoms with Gasteiger partial charge in [0.2, 0.25) is 5.91 Å². The van der Waals surface area contributed by atoms with Crippen molar-refractivity contribution in [1.29, 1.82) is 0 Å². The molecular formula is C17H16N2O4S2. The summed E-state index contributed by atoms with van der Waals surface area (Å²) in [7, 11) is 0. The van der Waals surface area contributed by atoms with E-state index in [1.807, 2.05) is 17.5 Å². The number of carbonyl (C=O) groups is 3. The molecule has 130 valence electrons. The van der Waals surface area contributed by atoms with Crippen LogP contribution in [0.15, 0.2) is 41.8 Å². The van der Waals surface area contributed by atoms with Crippen molar-refractivity contribution in [2.45, 2.75) is 5.75 Å². The van der Waals surface area contributed by atoms with Crippen LogP contribution in [-0.4, -0.2) is 36.7 Å². The van der Waals surface area contributed by atoms with Gasteiger partial charge in [-0.15, -0.1) is 23.1 Å². The van der Waals surface area contributed by atoms with E-state index in [9.17, 15) is 14.4 Å². The van der Waals surface area contributed by atoms with E-state index >= 15 is 0 Å². The van der Waals surface area contributed by atoms with Crippen LogP contribution in [0.4, 0.5) is 11.4 Å². The topological polar surface area (TPSA) is 75.7 Å². The molecule has 2 amide bonds. The van der Waals surface area contributed by atoms with Crippen molar-refractivity contribution >= 4 is 52.3 Å². The van der Waals surface area contributed by atoms with Crippen molar-refractivity contribution < 1.29 is 19.1 Å². The molecule has 0 atom stereocenters. The Balaban J connectivity index is 1.49. The lowest BCUT2D eigenvalue weighted by molar-refractivity contribution is -0.145. The minimum atomic E-state index is -0.440. The zero-order chi connectivity index (χ0) is 17.6. The lowest BCUT2D eigenvalue weighted by atomic mass is 10.2. The van der Waals surface area contributed by atoms with Gasteiger partial charge in [0.05, 0.1) is 17.1 Å². The highest BCUT2D eigenvalue weighted by Crippen LogP contribution is 2.28. The lowest BCUT2D eigenvalue weighted by Crippen LogP contribution is -2.44. The molecule has 1 aromatic carbocycles. The zero-order valence-corrected chi connectivity index (χ0v) is 14.9. The molecular weight excluding hydrogens is 360 g/mol. The summed E-state index contributed by atoms with van der Waals surface area (Å²) in [5.74, 6) is -0.212. The number of ether oxygens (including phenoxy) is 1. The van der Waals surface area contributed by atoms with E-state index in [2.05, 4.69) is 5.32 Å². The summed E-state index contributed by atoms with van der Waals surface area (Å²) in [6, 6.07) is 11.0. The highest BCUT2D eigenvalue weighted by atomic mass is 32.2. The third kappa shape index (κ3) is 4.61. The average molecular weight is 376 g/mol. The van der Waals surface area contributed by atoms with E-state index in [0.717, 1.165) is 5.75 Å². The van der Waals surface area contributed by atoms with Crippen LogP contribution in [0.5, 0.6) is 0 Å². The van der Waals surface area contributed by atoms with E-state index in [0.29, 0.717) is 11.4 Å². The number of fused-ring (bicyclic) bond motifs is 1. The monoisotopic (exact) mass is 376 g/mol. The molecule has 1 aromatic heterocycles. The van der Waals surface area contributed by atoms with Crippen LogP contribution in [-0.2, 0) is 24.9 Å². The van der Waals surface area contributed by atoms with Crippen molar-refractivity contribution in [3.8, 4) is 0 Å². The van der Waals surface area contributed by atoms with Gasteiger partial charge in [-0.3, -0.25) is 19.3 Å². The summed E-state index contributed by atoms with van der Waals surface area (Å²) in [4.78, 5) is 38.4. The largest absolute Gasteiger partial charge is 0.455 e. The zero-order valence-electron chi connectivity index (χ0n) is 13.3. The maximum absolute atomic E-state index is 12.3. The molecule has 1 N–H and O–H groups in total. The Hall–Kier alpha value is -2.32. The van der Waals surface area contributed by atoms with Gasteiger partial charge in [0.25, 0.3) is 5.91 Å². The SMILES string of the molecule is O=C1CN(C(=O)COC(=O)CSCc2cccs2)c2ccccc2N1. The number of anilines is 2. The highest BCUT2D eigenvalue weighted by Gasteiger charge is 2.27. The van der Waals surface area contributed by atoms with Crippen LogP contribution in [0.2, 0.25) is 0 Å². The Bertz CT molecular complexity index is 777. The molecule has 0 unspecified atom stereocenters. The van der Waals surface area contributed by atoms with Crippen LogP contribution in [0.3, 0.4) is 0 Å². The van der Waals surface area contributed by atoms with Gasteiger partial charge in [0, 0.05) is 10.6 Å². The van der Waals surface area contributed by atoms with Gasteiger partial charge in [-0.1, -0.05) is 18.2 Å². The van der Waals surface area contributed by atoms with Gasteiger partial charge in [0.15, 0.2) is 6.61 Å². The number of hydrogen-bond donors (Lipinski definition) is 1. The van der Waals surface area contributed by atoms with Crippen LogP contribution >= 0.6 is 23.1 Å². The van der Waals surface area contributed by atoms with E-state index in [-0.39, 0.29) is 24.8 Å². The van der Waals surface area contributed by atoms with Gasteiger partial charge in [-0.2, -0.15) is 0 Å². The molecule has 0 radical (unpaired) electrons. The Kier molecular flexibility index (Phi) is 5.72. The van der Waals surface area contributed by atoms with Crippen LogP contribution < -0.4 is 10.2 Å². The molecule has 0 bridgehead atoms. The molecule has 1 aliphatic rings. The first-order valence-electron chi connectivity index (χ1n) is 7.58. The Morgan fingerprint density at radius 2 is 2.08 bits per heavy atom. The van der Waals surface area contributed by atoms with Crippen molar-refractivity contribution in [2.75, 3.05) is 29.1 Å². The third-order valence-electron chi connectivity index (χ3n) is 3.47. The minimum Gasteiger partial charge on any atom is -0.455 e. The maximum atomic E-state index is 12.3. The number of nitrogens with zero attached hydrogens (tertiary/aromatic N) is 1. The summed E-state index contributed by atoms with van der Waals surface area (Å²) in [6.45, 7) is -0.458. The first-order valence-corrected chi connectivity index (χ1v) is 9.62. The quantitative estimate of drug-likeness (QED) is 0.784. The molecule has 0 spiro atoms. The van der Waals surface area contributed by atoms with Gasteiger partial charge in [-0.25, -0.2) is 0 Å². The molecule has 0 saturated heterocycles. The number of rotatable bonds is 6. The predicted molar refractivity (Wildman–Crippen MR) is 98.9 cm³/mol. The van der Waals surface area contributed by atoms with Gasteiger partial charge in [0.1, 0.15) is 6.54 Å². The van der Waals surface area contributed by atoms with Crippen LogP contribution in [0, 0.1) is 0 Å². The maximum Gasteiger partial charge on any atom is 0.316 e. The standard InChI is InChI=1S/C17H16N2O4S2/c20-15-8-19(14-6-2-1-5-13(14)18-15)16(21)9-23-17(22)11-24-10-12-4-3-7-25-12/h1-7H,8-11H2,(H,18,20). The second kappa shape index (κ2) is 8.17. The molecule has 1 aliphatic heterocycles. The number of thiophene rings is 1. The molecule has 25 heavy (non-hydrogen) atoms. The normalized spacial score (nSPS) is 13.1. The molecule has 2 heterocycles. The number of thioether (sulfide) groups is 1. The van der Waals surface area contributed by atoms with Gasteiger partial charge in [-0.05, 0) is 23.6 Å². The number of benzene rings is 1. The fraction of sp³-hybridized carbons (Fsp3) is 0.235. The molecule has 3 rings (SSSR count). The molecule has 0 aliphatic carbocycles. The Morgan fingerprint density at radius 1 is 1.24 bits per heavy atom. The van der Waals surface area contributed by atoms with Gasteiger partial charge < -0.3 is 10.1 Å². The average Bonchev–Trinajstić information content (AvgIpc) is 3.12. The summed E-state index contributed by atoms with van der Waals surface area (Å²) in [5.41, 5.74) is 1.18. The summed E-state index contributed by atoms with van der Waals surface area (Å²) >= 11 is 3.08. The van der Waals surface area contributed by atoms with Crippen molar-refractivity contribution in [3.05, 3.63) is 46.7 Å². The summed E-state index contributed by atoms with van der Waals surface area (Å²) in [6.07, 6.45) is 0. The van der Waals surface area contributed by atoms with Crippen LogP contribution in [0.25, 0.3) is 0 Å². The predicted octanol–water partition coefficient (Wildman–Crippen LogP) is 2.51. The van der Waals surface area contributed by atoms with Crippen molar-refractivity contribution in [3.63, 3.8) is 0 Å². The van der Waals surface area contributed by atoms with Crippen molar-refractivity contribution in [1.82, 2.24) is 0 Å². The number of nitrogens with one attached hydrogen (secondary N) is 1. The Labute approximate surface area is 153 Å². The molecule has 2 aromatic rings. The van der Waals surface area contributed by atoms with E-state index < -0.39 is 11.9 Å². The van der Waals surface area contributed by atoms with Crippen LogP contribution in [0.1, 0.15) is 4.88 Å². The minimum absolute atomic E-state index is 0.0828. The number of hydrogen-bond acceptors (Lipinski definition) is 6. The molecule has 0 saturated carbocycles. The van der Waals surface area contributed by atoms with E-state index in [1.165, 1.54) is 21.5 Å². The third-order valence-corrected chi connectivity index (χ3v) is 5.49. The number of carbonyl (C=O) groups excluding carboxylic acids is 3. The Morgan fingerprint density at radius 3 is 2.88 bits per heavy atom. The summed E-state index contributed by atoms with van der Waals surface area (Å²) in [5, 5.41) is 4.69. The fourth-order valence-electron chi connectivity index (χ4n) is 2.35. The number of esters is 1. The molecule has 8 heteroatoms. The van der Waals surface area contributed by atoms with Gasteiger partial charge >= 0.3 is 5.97 Å². The lowest BCUT2D eigenvalue weighted by Gasteiger charge is -2.28. The first-order chi connectivity index (χ1) is 12.1. The highest BCUT2D eigenvalue weighted by molar-refractivity contribution is 7.99. The fourth-order valence-corrected chi connectivity index (χ4v) is 4.01. The van der Waals surface area contributed by atoms with Crippen molar-refractivity contribution in [2.24, 2.45) is 0 Å². The van der Waals surface area contributed by atoms with E-state index in [4.69, 9.17) is 4.74 Å².